The van der Waals surface area contributed by atoms with E-state index in [1.54, 1.807) is 28.8 Å². The molecule has 3 heterocycles. The van der Waals surface area contributed by atoms with Gasteiger partial charge >= 0.3 is 5.97 Å². The molecule has 9 nitrogen and oxygen atoms in total. The van der Waals surface area contributed by atoms with Gasteiger partial charge in [0.15, 0.2) is 11.4 Å². The molecule has 2 aromatic heterocycles. The number of rotatable bonds is 4. The number of anilines is 1. The molecular weight excluding hydrogens is 374 g/mol. The highest BCUT2D eigenvalue weighted by Gasteiger charge is 2.43. The minimum atomic E-state index is -1.18. The van der Waals surface area contributed by atoms with E-state index < -0.39 is 11.6 Å². The number of carbonyl (C=O) groups excluding carboxylic acids is 1. The third-order valence-corrected chi connectivity index (χ3v) is 4.67. The Morgan fingerprint density at radius 2 is 2.14 bits per heavy atom. The van der Waals surface area contributed by atoms with Crippen molar-refractivity contribution in [1.82, 2.24) is 14.6 Å². The van der Waals surface area contributed by atoms with E-state index in [0.717, 1.165) is 12.8 Å². The molecule has 1 saturated heterocycles. The van der Waals surface area contributed by atoms with Crippen LogP contribution in [0, 0.1) is 11.3 Å². The molecule has 1 aliphatic rings. The molecule has 0 bridgehead atoms. The molecule has 1 fully saturated rings. The van der Waals surface area contributed by atoms with E-state index in [-0.39, 0.29) is 12.7 Å². The number of aliphatic hydroxyl groups is 1. The maximum Gasteiger partial charge on any atom is 0.338 e. The van der Waals surface area contributed by atoms with E-state index in [4.69, 9.17) is 20.3 Å². The molecule has 2 atom stereocenters. The van der Waals surface area contributed by atoms with Crippen LogP contribution in [0.4, 0.5) is 5.82 Å². The number of benzene rings is 1. The van der Waals surface area contributed by atoms with Crippen LogP contribution in [0.2, 0.25) is 0 Å². The zero-order chi connectivity index (χ0) is 20.9. The van der Waals surface area contributed by atoms with Gasteiger partial charge in [0.1, 0.15) is 30.6 Å². The summed E-state index contributed by atoms with van der Waals surface area (Å²) in [6.45, 7) is -0.131. The van der Waals surface area contributed by atoms with Gasteiger partial charge in [-0.3, -0.25) is 0 Å². The molecule has 29 heavy (non-hydrogen) atoms. The van der Waals surface area contributed by atoms with Crippen LogP contribution in [0.1, 0.15) is 35.0 Å². The van der Waals surface area contributed by atoms with E-state index in [1.165, 1.54) is 6.33 Å². The number of hydrogen-bond acceptors (Lipinski definition) is 8. The van der Waals surface area contributed by atoms with Crippen molar-refractivity contribution in [3.05, 3.63) is 60.0 Å². The first-order chi connectivity index (χ1) is 14.1. The summed E-state index contributed by atoms with van der Waals surface area (Å²) in [5.41, 5.74) is 6.58. The van der Waals surface area contributed by atoms with Crippen molar-refractivity contribution in [2.45, 2.75) is 24.5 Å². The number of carbonyl (C=O) groups is 1. The Morgan fingerprint density at radius 1 is 1.38 bits per heavy atom. The largest absolute Gasteiger partial charge is 0.458 e. The van der Waals surface area contributed by atoms with E-state index in [2.05, 4.69) is 16.2 Å². The van der Waals surface area contributed by atoms with Crippen LogP contribution >= 0.6 is 0 Å². The highest BCUT2D eigenvalue weighted by atomic mass is 16.6. The van der Waals surface area contributed by atoms with Crippen molar-refractivity contribution in [2.24, 2.45) is 0 Å². The van der Waals surface area contributed by atoms with E-state index in [1.807, 2.05) is 18.2 Å². The zero-order valence-electron chi connectivity index (χ0n) is 15.9. The SMILES string of the molecule is CO.N#C[C@@]1(COC(=O)c2ccccc2)CC[C@H](c2ccc3c(N)ncnn23)O1. The first-order valence-electron chi connectivity index (χ1n) is 8.96. The van der Waals surface area contributed by atoms with Gasteiger partial charge in [0, 0.05) is 7.11 Å². The van der Waals surface area contributed by atoms with Gasteiger partial charge in [0.05, 0.1) is 11.3 Å². The second-order valence-corrected chi connectivity index (χ2v) is 6.39. The first kappa shape index (κ1) is 20.3. The van der Waals surface area contributed by atoms with Crippen molar-refractivity contribution < 1.29 is 19.4 Å². The number of fused-ring (bicyclic) bond motifs is 1. The third-order valence-electron chi connectivity index (χ3n) is 4.67. The summed E-state index contributed by atoms with van der Waals surface area (Å²) in [4.78, 5) is 16.1. The number of hydrogen-bond donors (Lipinski definition) is 2. The maximum absolute atomic E-state index is 12.2. The highest BCUT2D eigenvalue weighted by Crippen LogP contribution is 2.40. The van der Waals surface area contributed by atoms with Gasteiger partial charge in [0.25, 0.3) is 0 Å². The van der Waals surface area contributed by atoms with Crippen molar-refractivity contribution in [1.29, 1.82) is 5.26 Å². The average Bonchev–Trinajstić information content (AvgIpc) is 3.40. The minimum Gasteiger partial charge on any atom is -0.458 e. The normalized spacial score (nSPS) is 20.5. The van der Waals surface area contributed by atoms with Crippen LogP contribution in [0.15, 0.2) is 48.8 Å². The van der Waals surface area contributed by atoms with Crippen LogP contribution in [-0.4, -0.2) is 45.0 Å². The van der Waals surface area contributed by atoms with Gasteiger partial charge in [0.2, 0.25) is 0 Å². The number of nitriles is 1. The summed E-state index contributed by atoms with van der Waals surface area (Å²) in [6.07, 6.45) is 2.08. The number of nitrogen functional groups attached to an aromatic ring is 1. The number of aliphatic hydroxyl groups excluding tert-OH is 1. The third kappa shape index (κ3) is 4.03. The van der Waals surface area contributed by atoms with Crippen molar-refractivity contribution in [2.75, 3.05) is 19.5 Å². The lowest BCUT2D eigenvalue weighted by Crippen LogP contribution is -2.33. The predicted octanol–water partition coefficient (Wildman–Crippen LogP) is 1.89. The van der Waals surface area contributed by atoms with Crippen LogP contribution in [0.3, 0.4) is 0 Å². The topological polar surface area (TPSA) is 136 Å². The molecule has 0 radical (unpaired) electrons. The zero-order valence-corrected chi connectivity index (χ0v) is 15.9. The van der Waals surface area contributed by atoms with Gasteiger partial charge in [-0.2, -0.15) is 10.4 Å². The molecule has 0 saturated carbocycles. The number of esters is 1. The lowest BCUT2D eigenvalue weighted by Gasteiger charge is -2.21. The molecule has 150 valence electrons. The number of aromatic nitrogens is 3. The molecule has 0 amide bonds. The fourth-order valence-electron chi connectivity index (χ4n) is 3.24. The molecule has 3 aromatic rings. The highest BCUT2D eigenvalue weighted by molar-refractivity contribution is 5.89. The second-order valence-electron chi connectivity index (χ2n) is 6.39. The summed E-state index contributed by atoms with van der Waals surface area (Å²) in [5, 5.41) is 20.9. The van der Waals surface area contributed by atoms with Gasteiger partial charge in [-0.05, 0) is 37.1 Å². The Balaban J connectivity index is 0.00000117. The summed E-state index contributed by atoms with van der Waals surface area (Å²) in [6, 6.07) is 14.5. The number of nitrogens with two attached hydrogens (primary N) is 1. The minimum absolute atomic E-state index is 0.131. The average molecular weight is 395 g/mol. The summed E-state index contributed by atoms with van der Waals surface area (Å²) >= 11 is 0. The Hall–Kier alpha value is -3.48. The van der Waals surface area contributed by atoms with E-state index >= 15 is 0 Å². The smallest absolute Gasteiger partial charge is 0.338 e. The Bertz CT molecular complexity index is 1030. The second kappa shape index (κ2) is 8.68. The molecule has 1 aliphatic heterocycles. The lowest BCUT2D eigenvalue weighted by atomic mass is 10.0. The molecule has 1 aromatic carbocycles. The number of nitrogens with zero attached hydrogens (tertiary/aromatic N) is 4. The van der Waals surface area contributed by atoms with Crippen LogP contribution in [-0.2, 0) is 9.47 Å². The maximum atomic E-state index is 12.2. The van der Waals surface area contributed by atoms with Crippen LogP contribution in [0.25, 0.3) is 5.52 Å². The molecule has 0 spiro atoms. The van der Waals surface area contributed by atoms with Crippen molar-refractivity contribution >= 4 is 17.3 Å². The van der Waals surface area contributed by atoms with Gasteiger partial charge in [-0.1, -0.05) is 18.2 Å². The van der Waals surface area contributed by atoms with E-state index in [9.17, 15) is 10.1 Å². The van der Waals surface area contributed by atoms with Crippen LogP contribution in [0.5, 0.6) is 0 Å². The van der Waals surface area contributed by atoms with Gasteiger partial charge in [-0.25, -0.2) is 14.3 Å². The molecule has 0 unspecified atom stereocenters. The number of ether oxygens (including phenoxy) is 2. The summed E-state index contributed by atoms with van der Waals surface area (Å²) < 4.78 is 13.0. The Morgan fingerprint density at radius 3 is 2.86 bits per heavy atom. The Kier molecular flexibility index (Phi) is 6.07. The van der Waals surface area contributed by atoms with Gasteiger partial charge in [-0.15, -0.1) is 0 Å². The molecule has 0 aliphatic carbocycles. The standard InChI is InChI=1S/C19H17N5O3.CH4O/c20-10-19(11-26-18(25)13-4-2-1-3-5-13)9-8-16(27-19)14-6-7-15-17(21)22-12-23-24(14)15;1-2/h1-7,12,16H,8-9,11H2,(H2,21,22,23);2H,1H3/t16-,19-;/m1./s1. The first-order valence-corrected chi connectivity index (χ1v) is 8.96. The quantitative estimate of drug-likeness (QED) is 0.639. The lowest BCUT2D eigenvalue weighted by molar-refractivity contribution is -0.0482. The molecule has 4 rings (SSSR count). The molecule has 9 heteroatoms. The van der Waals surface area contributed by atoms with Gasteiger partial charge < -0.3 is 20.3 Å². The molecule has 3 N–H and O–H groups in total. The van der Waals surface area contributed by atoms with E-state index in [0.29, 0.717) is 29.7 Å². The predicted molar refractivity (Wildman–Crippen MR) is 104 cm³/mol. The molecular formula is C20H21N5O4. The fraction of sp³-hybridized carbons (Fsp3) is 0.300. The summed E-state index contributed by atoms with van der Waals surface area (Å²) in [5.74, 6) is -0.108. The van der Waals surface area contributed by atoms with Crippen molar-refractivity contribution in [3.63, 3.8) is 0 Å². The fourth-order valence-corrected chi connectivity index (χ4v) is 3.24. The van der Waals surface area contributed by atoms with Crippen LogP contribution < -0.4 is 5.73 Å². The van der Waals surface area contributed by atoms with Crippen molar-refractivity contribution in [3.8, 4) is 6.07 Å². The Labute approximate surface area is 167 Å². The summed E-state index contributed by atoms with van der Waals surface area (Å²) in [7, 11) is 1.00. The monoisotopic (exact) mass is 395 g/mol.